The molecule has 0 saturated heterocycles. The molecular formula is C10H12F3N3O. The van der Waals surface area contributed by atoms with Gasteiger partial charge in [0.1, 0.15) is 0 Å². The smallest absolute Gasteiger partial charge is 0.398 e. The van der Waals surface area contributed by atoms with E-state index in [1.165, 1.54) is 18.0 Å². The number of halogens is 3. The van der Waals surface area contributed by atoms with Crippen LogP contribution in [0, 0.1) is 0 Å². The highest BCUT2D eigenvalue weighted by atomic mass is 19.4. The van der Waals surface area contributed by atoms with Crippen LogP contribution in [0.1, 0.15) is 5.56 Å². The van der Waals surface area contributed by atoms with Gasteiger partial charge in [0.2, 0.25) is 5.91 Å². The van der Waals surface area contributed by atoms with Crippen LogP contribution in [0.5, 0.6) is 0 Å². The number of hydrogen-bond acceptors (Lipinski definition) is 3. The zero-order valence-corrected chi connectivity index (χ0v) is 9.08. The van der Waals surface area contributed by atoms with Crippen LogP contribution >= 0.6 is 0 Å². The fraction of sp³-hybridized carbons (Fsp3) is 0.300. The Labute approximate surface area is 96.0 Å². The second-order valence-corrected chi connectivity index (χ2v) is 3.59. The Balaban J connectivity index is 3.08. The number of benzene rings is 1. The van der Waals surface area contributed by atoms with Gasteiger partial charge in [-0.05, 0) is 18.2 Å². The van der Waals surface area contributed by atoms with E-state index >= 15 is 0 Å². The van der Waals surface area contributed by atoms with Gasteiger partial charge in [0.15, 0.2) is 0 Å². The molecule has 0 atom stereocenters. The van der Waals surface area contributed by atoms with E-state index in [0.717, 1.165) is 12.1 Å². The summed E-state index contributed by atoms with van der Waals surface area (Å²) in [5, 5.41) is 0. The number of amides is 1. The van der Waals surface area contributed by atoms with Gasteiger partial charge in [-0.2, -0.15) is 13.2 Å². The molecule has 0 aliphatic rings. The van der Waals surface area contributed by atoms with Crippen molar-refractivity contribution < 1.29 is 18.0 Å². The van der Waals surface area contributed by atoms with Gasteiger partial charge in [0.25, 0.3) is 0 Å². The third kappa shape index (κ3) is 3.27. The maximum absolute atomic E-state index is 12.6. The summed E-state index contributed by atoms with van der Waals surface area (Å²) in [5.74, 6) is -0.627. The Bertz CT molecular complexity index is 431. The van der Waals surface area contributed by atoms with Crippen molar-refractivity contribution in [3.8, 4) is 0 Å². The second kappa shape index (κ2) is 4.52. The maximum atomic E-state index is 12.6. The molecule has 17 heavy (non-hydrogen) atoms. The van der Waals surface area contributed by atoms with Gasteiger partial charge in [-0.1, -0.05) is 0 Å². The Morgan fingerprint density at radius 3 is 2.47 bits per heavy atom. The molecule has 4 nitrogen and oxygen atoms in total. The highest BCUT2D eigenvalue weighted by molar-refractivity contribution is 5.79. The maximum Gasteiger partial charge on any atom is 0.418 e. The molecule has 1 rings (SSSR count). The summed E-state index contributed by atoms with van der Waals surface area (Å²) >= 11 is 0. The van der Waals surface area contributed by atoms with Crippen molar-refractivity contribution in [1.29, 1.82) is 0 Å². The van der Waals surface area contributed by atoms with Crippen molar-refractivity contribution in [1.82, 2.24) is 0 Å². The highest BCUT2D eigenvalue weighted by Gasteiger charge is 2.33. The summed E-state index contributed by atoms with van der Waals surface area (Å²) in [6, 6.07) is 3.43. The molecule has 0 heterocycles. The summed E-state index contributed by atoms with van der Waals surface area (Å²) in [6.45, 7) is -0.165. The van der Waals surface area contributed by atoms with Gasteiger partial charge >= 0.3 is 6.18 Å². The number of alkyl halides is 3. The number of anilines is 2. The van der Waals surface area contributed by atoms with Crippen molar-refractivity contribution >= 4 is 17.3 Å². The van der Waals surface area contributed by atoms with Crippen LogP contribution in [0.25, 0.3) is 0 Å². The van der Waals surface area contributed by atoms with Crippen molar-refractivity contribution in [3.63, 3.8) is 0 Å². The van der Waals surface area contributed by atoms with Crippen LogP contribution in [0.2, 0.25) is 0 Å². The zero-order valence-electron chi connectivity index (χ0n) is 9.08. The van der Waals surface area contributed by atoms with Crippen LogP contribution in [-0.2, 0) is 11.0 Å². The van der Waals surface area contributed by atoms with E-state index in [1.54, 1.807) is 0 Å². The summed E-state index contributed by atoms with van der Waals surface area (Å²) in [7, 11) is 1.47. The summed E-state index contributed by atoms with van der Waals surface area (Å²) in [4.78, 5) is 12.0. The van der Waals surface area contributed by atoms with Crippen LogP contribution in [-0.4, -0.2) is 19.5 Å². The zero-order chi connectivity index (χ0) is 13.2. The Hall–Kier alpha value is -1.92. The van der Waals surface area contributed by atoms with Crippen molar-refractivity contribution in [3.05, 3.63) is 23.8 Å². The number of nitrogen functional groups attached to an aromatic ring is 1. The lowest BCUT2D eigenvalue weighted by Gasteiger charge is -2.19. The first-order valence-corrected chi connectivity index (χ1v) is 4.68. The fourth-order valence-corrected chi connectivity index (χ4v) is 1.35. The van der Waals surface area contributed by atoms with E-state index < -0.39 is 17.6 Å². The molecule has 1 aromatic carbocycles. The van der Waals surface area contributed by atoms with Crippen molar-refractivity contribution in [2.24, 2.45) is 5.73 Å². The summed E-state index contributed by atoms with van der Waals surface area (Å²) < 4.78 is 37.7. The molecule has 0 aromatic heterocycles. The number of nitrogens with zero attached hydrogens (tertiary/aromatic N) is 1. The minimum Gasteiger partial charge on any atom is -0.398 e. The molecular weight excluding hydrogens is 235 g/mol. The van der Waals surface area contributed by atoms with Gasteiger partial charge in [0.05, 0.1) is 12.1 Å². The van der Waals surface area contributed by atoms with E-state index in [1.807, 2.05) is 0 Å². The molecule has 0 unspecified atom stereocenters. The lowest BCUT2D eigenvalue weighted by Crippen LogP contribution is -2.30. The molecule has 0 spiro atoms. The monoisotopic (exact) mass is 247 g/mol. The van der Waals surface area contributed by atoms with E-state index in [2.05, 4.69) is 0 Å². The Morgan fingerprint density at radius 2 is 2.00 bits per heavy atom. The van der Waals surface area contributed by atoms with Crippen molar-refractivity contribution in [2.75, 3.05) is 24.2 Å². The standard InChI is InChI=1S/C10H12F3N3O/c1-16(5-9(15)17)6-2-3-8(14)7(4-6)10(11,12)13/h2-4H,5,14H2,1H3,(H2,15,17). The topological polar surface area (TPSA) is 72.3 Å². The Morgan fingerprint density at radius 1 is 1.41 bits per heavy atom. The normalized spacial score (nSPS) is 11.3. The number of primary amides is 1. The number of nitrogens with two attached hydrogens (primary N) is 2. The van der Waals surface area contributed by atoms with E-state index in [-0.39, 0.29) is 17.9 Å². The minimum atomic E-state index is -4.52. The molecule has 1 amide bonds. The molecule has 0 aliphatic heterocycles. The molecule has 0 saturated carbocycles. The predicted octanol–water partition coefficient (Wildman–Crippen LogP) is 1.21. The van der Waals surface area contributed by atoms with Crippen molar-refractivity contribution in [2.45, 2.75) is 6.18 Å². The first-order chi connectivity index (χ1) is 7.71. The molecule has 94 valence electrons. The fourth-order valence-electron chi connectivity index (χ4n) is 1.35. The first kappa shape index (κ1) is 13.1. The molecule has 0 fully saturated rings. The van der Waals surface area contributed by atoms with Gasteiger partial charge in [0, 0.05) is 18.4 Å². The SMILES string of the molecule is CN(CC(N)=O)c1ccc(N)c(C(F)(F)F)c1. The number of rotatable bonds is 3. The number of carbonyl (C=O) groups excluding carboxylic acids is 1. The minimum absolute atomic E-state index is 0.165. The molecule has 1 aromatic rings. The van der Waals surface area contributed by atoms with E-state index in [0.29, 0.717) is 0 Å². The summed E-state index contributed by atoms with van der Waals surface area (Å²) in [5.41, 5.74) is 9.15. The van der Waals surface area contributed by atoms with Crippen LogP contribution in [0.4, 0.5) is 24.5 Å². The van der Waals surface area contributed by atoms with Gasteiger partial charge in [-0.3, -0.25) is 4.79 Å². The summed E-state index contributed by atoms with van der Waals surface area (Å²) in [6.07, 6.45) is -4.52. The largest absolute Gasteiger partial charge is 0.418 e. The van der Waals surface area contributed by atoms with E-state index in [9.17, 15) is 18.0 Å². The van der Waals surface area contributed by atoms with Crippen LogP contribution in [0.15, 0.2) is 18.2 Å². The van der Waals surface area contributed by atoms with Gasteiger partial charge < -0.3 is 16.4 Å². The van der Waals surface area contributed by atoms with E-state index in [4.69, 9.17) is 11.5 Å². The quantitative estimate of drug-likeness (QED) is 0.788. The third-order valence-corrected chi connectivity index (χ3v) is 2.18. The average molecular weight is 247 g/mol. The number of carbonyl (C=O) groups is 1. The van der Waals surface area contributed by atoms with Gasteiger partial charge in [-0.15, -0.1) is 0 Å². The molecule has 7 heteroatoms. The lowest BCUT2D eigenvalue weighted by molar-refractivity contribution is -0.136. The number of likely N-dealkylation sites (N-methyl/N-ethyl adjacent to an activating group) is 1. The molecule has 0 radical (unpaired) electrons. The molecule has 0 aliphatic carbocycles. The van der Waals surface area contributed by atoms with Crippen LogP contribution < -0.4 is 16.4 Å². The number of hydrogen-bond donors (Lipinski definition) is 2. The first-order valence-electron chi connectivity index (χ1n) is 4.68. The highest BCUT2D eigenvalue weighted by Crippen LogP contribution is 2.35. The predicted molar refractivity (Wildman–Crippen MR) is 58.3 cm³/mol. The lowest BCUT2D eigenvalue weighted by atomic mass is 10.1. The Kier molecular flexibility index (Phi) is 3.50. The third-order valence-electron chi connectivity index (χ3n) is 2.18. The second-order valence-electron chi connectivity index (χ2n) is 3.59. The average Bonchev–Trinajstić information content (AvgIpc) is 2.15. The molecule has 0 bridgehead atoms. The van der Waals surface area contributed by atoms with Crippen LogP contribution in [0.3, 0.4) is 0 Å². The van der Waals surface area contributed by atoms with Gasteiger partial charge in [-0.25, -0.2) is 0 Å². The molecule has 4 N–H and O–H groups in total.